The lowest BCUT2D eigenvalue weighted by Gasteiger charge is -2.16. The summed E-state index contributed by atoms with van der Waals surface area (Å²) in [6, 6.07) is 19.6. The molecule has 29 heavy (non-hydrogen) atoms. The summed E-state index contributed by atoms with van der Waals surface area (Å²) in [7, 11) is 0. The number of aliphatic hydroxyl groups is 1. The maximum Gasteiger partial charge on any atom is 0.303 e. The van der Waals surface area contributed by atoms with Crippen LogP contribution in [0.5, 0.6) is 0 Å². The van der Waals surface area contributed by atoms with Crippen LogP contribution in [-0.2, 0) is 9.53 Å². The molecule has 3 nitrogen and oxygen atoms in total. The molecule has 0 saturated carbocycles. The Balaban J connectivity index is 0.000000296. The van der Waals surface area contributed by atoms with Gasteiger partial charge in [0.15, 0.2) is 0 Å². The lowest BCUT2D eigenvalue weighted by Crippen LogP contribution is -2.08. The van der Waals surface area contributed by atoms with E-state index >= 15 is 0 Å². The average molecular weight is 395 g/mol. The van der Waals surface area contributed by atoms with Crippen LogP contribution in [0.3, 0.4) is 0 Å². The molecule has 1 N–H and O–H groups in total. The molecule has 0 aliphatic carbocycles. The van der Waals surface area contributed by atoms with E-state index in [2.05, 4.69) is 13.2 Å². The van der Waals surface area contributed by atoms with E-state index in [1.165, 1.54) is 6.92 Å². The van der Waals surface area contributed by atoms with Crippen molar-refractivity contribution in [2.75, 3.05) is 0 Å². The molecule has 0 aromatic heterocycles. The number of benzene rings is 2. The van der Waals surface area contributed by atoms with Crippen LogP contribution < -0.4 is 0 Å². The Kier molecular flexibility index (Phi) is 12.9. The van der Waals surface area contributed by atoms with Gasteiger partial charge in [0.05, 0.1) is 6.10 Å². The van der Waals surface area contributed by atoms with Crippen molar-refractivity contribution in [1.29, 1.82) is 0 Å². The molecule has 2 rings (SSSR count). The highest BCUT2D eigenvalue weighted by Crippen LogP contribution is 2.23. The standard InChI is InChI=1S/C14H18O2.C12H16O/c1-3-4-6-11-14(16-12(2)15)13-9-7-5-8-10-13;1-2-3-5-10-12(13)11-8-6-4-7-9-11/h3,5,7-10,14H,1,4,6,11H2,2H3;2,4,6-9,12-13H,1,3,5,10H2. The highest BCUT2D eigenvalue weighted by Gasteiger charge is 2.13. The SMILES string of the molecule is C=CCCCC(O)c1ccccc1.C=CCCCC(OC(C)=O)c1ccccc1. The second-order valence-electron chi connectivity index (χ2n) is 6.87. The van der Waals surface area contributed by atoms with E-state index in [1.807, 2.05) is 72.8 Å². The molecule has 2 aromatic carbocycles. The summed E-state index contributed by atoms with van der Waals surface area (Å²) in [4.78, 5) is 11.0. The zero-order valence-electron chi connectivity index (χ0n) is 17.5. The Hall–Kier alpha value is -2.65. The fourth-order valence-electron chi connectivity index (χ4n) is 2.91. The first-order chi connectivity index (χ1) is 14.1. The molecular formula is C26H34O3. The third kappa shape index (κ3) is 11.1. The van der Waals surface area contributed by atoms with E-state index in [0.29, 0.717) is 0 Å². The Morgan fingerprint density at radius 2 is 1.38 bits per heavy atom. The number of unbranched alkanes of at least 4 members (excludes halogenated alkanes) is 2. The first-order valence-corrected chi connectivity index (χ1v) is 10.3. The van der Waals surface area contributed by atoms with Crippen LogP contribution in [0.2, 0.25) is 0 Å². The number of hydrogen-bond acceptors (Lipinski definition) is 3. The summed E-state index contributed by atoms with van der Waals surface area (Å²) in [5.41, 5.74) is 2.06. The van der Waals surface area contributed by atoms with Crippen LogP contribution in [0, 0.1) is 0 Å². The Morgan fingerprint density at radius 1 is 0.897 bits per heavy atom. The molecule has 0 aliphatic heterocycles. The van der Waals surface area contributed by atoms with Crippen molar-refractivity contribution in [2.45, 2.75) is 57.7 Å². The van der Waals surface area contributed by atoms with Crippen LogP contribution in [0.4, 0.5) is 0 Å². The third-order valence-electron chi connectivity index (χ3n) is 4.42. The van der Waals surface area contributed by atoms with Gasteiger partial charge in [-0.25, -0.2) is 0 Å². The van der Waals surface area contributed by atoms with Gasteiger partial charge in [-0.15, -0.1) is 13.2 Å². The molecular weight excluding hydrogens is 360 g/mol. The van der Waals surface area contributed by atoms with E-state index in [1.54, 1.807) is 0 Å². The van der Waals surface area contributed by atoms with E-state index < -0.39 is 0 Å². The Labute approximate surface area is 175 Å². The zero-order chi connectivity index (χ0) is 21.3. The quantitative estimate of drug-likeness (QED) is 0.261. The first kappa shape index (κ1) is 24.4. The number of carbonyl (C=O) groups excluding carboxylic acids is 1. The molecule has 0 radical (unpaired) electrons. The first-order valence-electron chi connectivity index (χ1n) is 10.3. The molecule has 2 aromatic rings. The van der Waals surface area contributed by atoms with Gasteiger partial charge >= 0.3 is 5.97 Å². The van der Waals surface area contributed by atoms with Crippen LogP contribution in [0.25, 0.3) is 0 Å². The maximum absolute atomic E-state index is 11.0. The van der Waals surface area contributed by atoms with Gasteiger partial charge in [0.1, 0.15) is 6.10 Å². The van der Waals surface area contributed by atoms with Crippen LogP contribution >= 0.6 is 0 Å². The fraction of sp³-hybridized carbons (Fsp3) is 0.346. The van der Waals surface area contributed by atoms with Crippen molar-refractivity contribution in [2.24, 2.45) is 0 Å². The van der Waals surface area contributed by atoms with E-state index in [4.69, 9.17) is 4.74 Å². The van der Waals surface area contributed by atoms with E-state index in [0.717, 1.165) is 49.7 Å². The second-order valence-corrected chi connectivity index (χ2v) is 6.87. The van der Waals surface area contributed by atoms with E-state index in [-0.39, 0.29) is 18.2 Å². The van der Waals surface area contributed by atoms with Gasteiger partial charge in [-0.05, 0) is 49.7 Å². The molecule has 0 fully saturated rings. The van der Waals surface area contributed by atoms with Crippen LogP contribution in [0.1, 0.15) is 68.8 Å². The molecule has 156 valence electrons. The van der Waals surface area contributed by atoms with Gasteiger partial charge in [0.2, 0.25) is 0 Å². The maximum atomic E-state index is 11.0. The summed E-state index contributed by atoms with van der Waals surface area (Å²) < 4.78 is 5.31. The minimum absolute atomic E-state index is 0.126. The fourth-order valence-corrected chi connectivity index (χ4v) is 2.91. The number of hydrogen-bond donors (Lipinski definition) is 1. The lowest BCUT2D eigenvalue weighted by atomic mass is 10.0. The van der Waals surface area contributed by atoms with Gasteiger partial charge in [-0.1, -0.05) is 72.8 Å². The van der Waals surface area contributed by atoms with Crippen molar-refractivity contribution in [3.63, 3.8) is 0 Å². The van der Waals surface area contributed by atoms with E-state index in [9.17, 15) is 9.90 Å². The highest BCUT2D eigenvalue weighted by atomic mass is 16.5. The summed E-state index contributed by atoms with van der Waals surface area (Å²) in [5.74, 6) is -0.229. The lowest BCUT2D eigenvalue weighted by molar-refractivity contribution is -0.147. The van der Waals surface area contributed by atoms with Crippen molar-refractivity contribution in [3.8, 4) is 0 Å². The molecule has 0 aliphatic rings. The normalized spacial score (nSPS) is 12.1. The van der Waals surface area contributed by atoms with Crippen molar-refractivity contribution in [1.82, 2.24) is 0 Å². The second kappa shape index (κ2) is 15.3. The number of esters is 1. The minimum atomic E-state index is -0.318. The monoisotopic (exact) mass is 394 g/mol. The van der Waals surface area contributed by atoms with Gasteiger partial charge < -0.3 is 9.84 Å². The summed E-state index contributed by atoms with van der Waals surface area (Å²) in [5, 5.41) is 9.71. The smallest absolute Gasteiger partial charge is 0.303 e. The molecule has 0 amide bonds. The number of allylic oxidation sites excluding steroid dienone is 2. The molecule has 2 unspecified atom stereocenters. The largest absolute Gasteiger partial charge is 0.458 e. The molecule has 0 saturated heterocycles. The molecule has 2 atom stereocenters. The minimum Gasteiger partial charge on any atom is -0.458 e. The number of aliphatic hydroxyl groups excluding tert-OH is 1. The zero-order valence-corrected chi connectivity index (χ0v) is 17.5. The predicted molar refractivity (Wildman–Crippen MR) is 120 cm³/mol. The Bertz CT molecular complexity index is 694. The number of carbonyl (C=O) groups is 1. The summed E-state index contributed by atoms with van der Waals surface area (Å²) in [6.45, 7) is 8.78. The predicted octanol–water partition coefficient (Wildman–Crippen LogP) is 6.72. The third-order valence-corrected chi connectivity index (χ3v) is 4.42. The topological polar surface area (TPSA) is 46.5 Å². The van der Waals surface area contributed by atoms with Gasteiger partial charge in [0, 0.05) is 6.92 Å². The van der Waals surface area contributed by atoms with Gasteiger partial charge in [-0.2, -0.15) is 0 Å². The summed E-state index contributed by atoms with van der Waals surface area (Å²) in [6.07, 6.45) is 8.89. The average Bonchev–Trinajstić information content (AvgIpc) is 2.75. The van der Waals surface area contributed by atoms with Crippen LogP contribution in [0.15, 0.2) is 86.0 Å². The number of ether oxygens (including phenoxy) is 1. The van der Waals surface area contributed by atoms with Crippen molar-refractivity contribution < 1.29 is 14.6 Å². The van der Waals surface area contributed by atoms with Crippen molar-refractivity contribution in [3.05, 3.63) is 97.1 Å². The molecule has 3 heteroatoms. The van der Waals surface area contributed by atoms with Crippen LogP contribution in [-0.4, -0.2) is 11.1 Å². The summed E-state index contributed by atoms with van der Waals surface area (Å²) >= 11 is 0. The molecule has 0 bridgehead atoms. The van der Waals surface area contributed by atoms with Crippen molar-refractivity contribution >= 4 is 5.97 Å². The van der Waals surface area contributed by atoms with Gasteiger partial charge in [0.25, 0.3) is 0 Å². The number of rotatable bonds is 11. The highest BCUT2D eigenvalue weighted by molar-refractivity contribution is 5.66. The Morgan fingerprint density at radius 3 is 1.86 bits per heavy atom. The molecule has 0 spiro atoms. The van der Waals surface area contributed by atoms with Gasteiger partial charge in [-0.3, -0.25) is 4.79 Å². The molecule has 0 heterocycles.